The number of hydrogen-bond donors (Lipinski definition) is 1. The van der Waals surface area contributed by atoms with E-state index >= 15 is 0 Å². The minimum atomic E-state index is -0.632. The summed E-state index contributed by atoms with van der Waals surface area (Å²) >= 11 is 12.8. The maximum absolute atomic E-state index is 12.4. The molecule has 172 valence electrons. The first-order valence-corrected chi connectivity index (χ1v) is 11.1. The minimum Gasteiger partial charge on any atom is -0.482 e. The summed E-state index contributed by atoms with van der Waals surface area (Å²) in [5.74, 6) is -0.0930. The van der Waals surface area contributed by atoms with Gasteiger partial charge in [-0.3, -0.25) is 0 Å². The van der Waals surface area contributed by atoms with Gasteiger partial charge in [-0.1, -0.05) is 47.5 Å². The van der Waals surface area contributed by atoms with E-state index in [4.69, 9.17) is 43.1 Å². The van der Waals surface area contributed by atoms with Crippen LogP contribution in [0.15, 0.2) is 66.1 Å². The lowest BCUT2D eigenvalue weighted by atomic mass is 9.83. The summed E-state index contributed by atoms with van der Waals surface area (Å²) in [6.07, 6.45) is 0. The molecule has 1 unspecified atom stereocenters. The number of allylic oxidation sites excluding steroid dienone is 1. The number of rotatable bonds is 5. The molecule has 0 bridgehead atoms. The normalized spacial score (nSPS) is 14.6. The van der Waals surface area contributed by atoms with Gasteiger partial charge in [-0.25, -0.2) is 4.79 Å². The molecule has 0 aromatic heterocycles. The number of aryl methyl sites for hydroxylation is 1. The zero-order chi connectivity index (χ0) is 24.4. The van der Waals surface area contributed by atoms with Gasteiger partial charge in [0.1, 0.15) is 28.9 Å². The second kappa shape index (κ2) is 9.68. The summed E-state index contributed by atoms with van der Waals surface area (Å²) in [5.41, 5.74) is 9.41. The molecular formula is C26H20Cl2N2O4. The lowest BCUT2D eigenvalue weighted by molar-refractivity contribution is -0.136. The van der Waals surface area contributed by atoms with Gasteiger partial charge in [-0.2, -0.15) is 5.26 Å². The van der Waals surface area contributed by atoms with Crippen molar-refractivity contribution in [3.63, 3.8) is 0 Å². The van der Waals surface area contributed by atoms with Crippen LogP contribution in [0, 0.1) is 25.2 Å². The summed E-state index contributed by atoms with van der Waals surface area (Å²) < 4.78 is 16.7. The van der Waals surface area contributed by atoms with E-state index in [1.807, 2.05) is 26.0 Å². The lowest BCUT2D eigenvalue weighted by Gasteiger charge is -2.27. The van der Waals surface area contributed by atoms with Crippen LogP contribution in [-0.2, 0) is 4.79 Å². The van der Waals surface area contributed by atoms with Gasteiger partial charge in [0.15, 0.2) is 6.61 Å². The molecule has 1 atom stereocenters. The van der Waals surface area contributed by atoms with Gasteiger partial charge in [-0.15, -0.1) is 0 Å². The van der Waals surface area contributed by atoms with Gasteiger partial charge in [-0.05, 0) is 49.2 Å². The average molecular weight is 495 g/mol. The van der Waals surface area contributed by atoms with Crippen LogP contribution >= 0.6 is 23.2 Å². The number of carbonyl (C=O) groups is 1. The Morgan fingerprint density at radius 3 is 2.53 bits per heavy atom. The molecule has 0 radical (unpaired) electrons. The molecule has 3 aromatic carbocycles. The highest BCUT2D eigenvalue weighted by Crippen LogP contribution is 2.47. The number of nitriles is 1. The van der Waals surface area contributed by atoms with Crippen LogP contribution in [0.5, 0.6) is 17.2 Å². The fourth-order valence-corrected chi connectivity index (χ4v) is 4.38. The highest BCUT2D eigenvalue weighted by atomic mass is 35.5. The minimum absolute atomic E-state index is 0.0716. The predicted molar refractivity (Wildman–Crippen MR) is 129 cm³/mol. The van der Waals surface area contributed by atoms with Crippen molar-refractivity contribution in [1.82, 2.24) is 0 Å². The van der Waals surface area contributed by atoms with Crippen molar-refractivity contribution >= 4 is 29.2 Å². The molecule has 0 fully saturated rings. The van der Waals surface area contributed by atoms with Crippen LogP contribution in [0.2, 0.25) is 10.0 Å². The molecule has 4 rings (SSSR count). The molecule has 3 aromatic rings. The van der Waals surface area contributed by atoms with E-state index in [-0.39, 0.29) is 23.8 Å². The predicted octanol–water partition coefficient (Wildman–Crippen LogP) is 5.81. The first-order chi connectivity index (χ1) is 16.3. The van der Waals surface area contributed by atoms with Crippen molar-refractivity contribution in [3.05, 3.63) is 98.4 Å². The Kier molecular flexibility index (Phi) is 6.69. The highest BCUT2D eigenvalue weighted by molar-refractivity contribution is 6.36. The van der Waals surface area contributed by atoms with Crippen molar-refractivity contribution in [1.29, 1.82) is 5.26 Å². The van der Waals surface area contributed by atoms with E-state index in [2.05, 4.69) is 6.07 Å². The first kappa shape index (κ1) is 23.5. The molecule has 1 aliphatic heterocycles. The average Bonchev–Trinajstić information content (AvgIpc) is 2.79. The van der Waals surface area contributed by atoms with Crippen LogP contribution in [0.3, 0.4) is 0 Å². The molecule has 0 saturated heterocycles. The maximum atomic E-state index is 12.4. The van der Waals surface area contributed by atoms with Crippen molar-refractivity contribution in [2.24, 2.45) is 5.73 Å². The Hall–Kier alpha value is -3.66. The number of halogens is 2. The van der Waals surface area contributed by atoms with Gasteiger partial charge in [0.2, 0.25) is 5.88 Å². The molecule has 6 nitrogen and oxygen atoms in total. The van der Waals surface area contributed by atoms with Gasteiger partial charge < -0.3 is 19.9 Å². The van der Waals surface area contributed by atoms with E-state index in [1.54, 1.807) is 36.4 Å². The Morgan fingerprint density at radius 1 is 1.12 bits per heavy atom. The summed E-state index contributed by atoms with van der Waals surface area (Å²) in [4.78, 5) is 12.4. The van der Waals surface area contributed by atoms with E-state index in [0.29, 0.717) is 32.7 Å². The molecular weight excluding hydrogens is 475 g/mol. The Bertz CT molecular complexity index is 1340. The number of ether oxygens (including phenoxy) is 3. The molecule has 1 aliphatic rings. The fourth-order valence-electron chi connectivity index (χ4n) is 3.76. The van der Waals surface area contributed by atoms with Crippen molar-refractivity contribution in [2.75, 3.05) is 6.61 Å². The van der Waals surface area contributed by atoms with Gasteiger partial charge in [0.05, 0.1) is 5.92 Å². The van der Waals surface area contributed by atoms with Crippen LogP contribution in [0.25, 0.3) is 0 Å². The zero-order valence-electron chi connectivity index (χ0n) is 18.4. The molecule has 0 aliphatic carbocycles. The summed E-state index contributed by atoms with van der Waals surface area (Å²) in [6.45, 7) is 3.63. The van der Waals surface area contributed by atoms with Crippen molar-refractivity contribution in [3.8, 4) is 23.3 Å². The summed E-state index contributed by atoms with van der Waals surface area (Å²) in [5, 5.41) is 10.5. The molecule has 2 N–H and O–H groups in total. The Morgan fingerprint density at radius 2 is 1.82 bits per heavy atom. The van der Waals surface area contributed by atoms with Crippen LogP contribution in [0.1, 0.15) is 28.2 Å². The van der Waals surface area contributed by atoms with Gasteiger partial charge in [0.25, 0.3) is 0 Å². The quantitative estimate of drug-likeness (QED) is 0.355. The van der Waals surface area contributed by atoms with Crippen LogP contribution in [0.4, 0.5) is 0 Å². The van der Waals surface area contributed by atoms with Crippen LogP contribution < -0.4 is 19.9 Å². The molecule has 0 amide bonds. The standard InChI is InChI=1S/C26H20Cl2N2O4/c1-14-5-3-8-21(15(14)2)32-13-23(31)33-16-9-10-17-22(11-16)34-26(30)18(12-29)24(17)25-19(27)6-4-7-20(25)28/h3-11,24H,13,30H2,1-2H3. The second-order valence-electron chi connectivity index (χ2n) is 7.72. The van der Waals surface area contributed by atoms with E-state index in [9.17, 15) is 10.1 Å². The zero-order valence-corrected chi connectivity index (χ0v) is 19.9. The number of nitrogens with zero attached hydrogens (tertiary/aromatic N) is 1. The van der Waals surface area contributed by atoms with Gasteiger partial charge >= 0.3 is 5.97 Å². The number of esters is 1. The number of hydrogen-bond acceptors (Lipinski definition) is 6. The molecule has 8 heteroatoms. The monoisotopic (exact) mass is 494 g/mol. The first-order valence-electron chi connectivity index (χ1n) is 10.3. The molecule has 0 spiro atoms. The number of nitrogens with two attached hydrogens (primary N) is 1. The third-order valence-electron chi connectivity index (χ3n) is 5.61. The van der Waals surface area contributed by atoms with E-state index in [0.717, 1.165) is 11.1 Å². The Balaban J connectivity index is 1.59. The summed E-state index contributed by atoms with van der Waals surface area (Å²) in [7, 11) is 0. The summed E-state index contributed by atoms with van der Waals surface area (Å²) in [6, 6.07) is 17.6. The molecule has 1 heterocycles. The van der Waals surface area contributed by atoms with Crippen LogP contribution in [-0.4, -0.2) is 12.6 Å². The second-order valence-corrected chi connectivity index (χ2v) is 8.53. The highest BCUT2D eigenvalue weighted by Gasteiger charge is 2.33. The molecule has 0 saturated carbocycles. The third kappa shape index (κ3) is 4.54. The number of fused-ring (bicyclic) bond motifs is 1. The van der Waals surface area contributed by atoms with E-state index in [1.165, 1.54) is 6.07 Å². The van der Waals surface area contributed by atoms with Crippen molar-refractivity contribution < 1.29 is 19.0 Å². The molecule has 34 heavy (non-hydrogen) atoms. The number of carbonyl (C=O) groups excluding carboxylic acids is 1. The SMILES string of the molecule is Cc1cccc(OCC(=O)Oc2ccc3c(c2)OC(N)=C(C#N)C3c2c(Cl)cccc2Cl)c1C. The Labute approximate surface area is 207 Å². The smallest absolute Gasteiger partial charge is 0.349 e. The fraction of sp³-hybridized carbons (Fsp3) is 0.154. The topological polar surface area (TPSA) is 94.6 Å². The largest absolute Gasteiger partial charge is 0.482 e. The van der Waals surface area contributed by atoms with Crippen molar-refractivity contribution in [2.45, 2.75) is 19.8 Å². The maximum Gasteiger partial charge on any atom is 0.349 e. The third-order valence-corrected chi connectivity index (χ3v) is 6.27. The number of benzene rings is 3. The lowest BCUT2D eigenvalue weighted by Crippen LogP contribution is -2.22. The van der Waals surface area contributed by atoms with Gasteiger partial charge in [0, 0.05) is 27.2 Å². The van der Waals surface area contributed by atoms with E-state index < -0.39 is 11.9 Å².